The molecule has 0 aliphatic carbocycles. The van der Waals surface area contributed by atoms with Gasteiger partial charge in [-0.1, -0.05) is 0 Å². The average Bonchev–Trinajstić information content (AvgIpc) is 3.01. The number of nitrogens with one attached hydrogen (secondary N) is 1. The van der Waals surface area contributed by atoms with Gasteiger partial charge in [0.15, 0.2) is 0 Å². The van der Waals surface area contributed by atoms with E-state index in [0.717, 1.165) is 27.5 Å². The van der Waals surface area contributed by atoms with Crippen LogP contribution < -0.4 is 0 Å². The normalized spacial score (nSPS) is 11.3. The molecule has 0 atom stereocenters. The molecular weight excluding hydrogens is 224 g/mol. The fraction of sp³-hybridized carbons (Fsp3) is 0. The largest absolute Gasteiger partial charge is 0.359 e. The fourth-order valence-electron chi connectivity index (χ4n) is 2.28. The Bertz CT molecular complexity index is 769. The summed E-state index contributed by atoms with van der Waals surface area (Å²) < 4.78 is 2.12. The number of nitrogens with zero attached hydrogens (tertiary/aromatic N) is 3. The van der Waals surface area contributed by atoms with E-state index in [1.807, 2.05) is 36.8 Å². The van der Waals surface area contributed by atoms with Crippen LogP contribution in [0.5, 0.6) is 0 Å². The van der Waals surface area contributed by atoms with Gasteiger partial charge in [-0.15, -0.1) is 0 Å². The van der Waals surface area contributed by atoms with Crippen molar-refractivity contribution in [3.8, 4) is 5.69 Å². The molecule has 0 amide bonds. The number of aromatic amines is 1. The molecule has 4 heteroatoms. The molecule has 0 fully saturated rings. The summed E-state index contributed by atoms with van der Waals surface area (Å²) in [4.78, 5) is 11.4. The van der Waals surface area contributed by atoms with Crippen LogP contribution in [-0.2, 0) is 0 Å². The minimum atomic E-state index is 1.01. The third-order valence-corrected chi connectivity index (χ3v) is 3.14. The monoisotopic (exact) mass is 233 g/mol. The summed E-state index contributed by atoms with van der Waals surface area (Å²) in [7, 11) is 0. The van der Waals surface area contributed by atoms with Crippen molar-refractivity contribution in [2.45, 2.75) is 0 Å². The lowest BCUT2D eigenvalue weighted by Crippen LogP contribution is -1.90. The predicted octanol–water partition coefficient (Wildman–Crippen LogP) is 2.70. The van der Waals surface area contributed by atoms with Gasteiger partial charge in [0.05, 0.1) is 22.9 Å². The second kappa shape index (κ2) is 3.43. The summed E-state index contributed by atoms with van der Waals surface area (Å²) in [6, 6.07) is 5.97. The van der Waals surface area contributed by atoms with Crippen molar-refractivity contribution in [2.75, 3.05) is 0 Å². The number of pyridine rings is 2. The first-order valence-electron chi connectivity index (χ1n) is 5.69. The zero-order valence-electron chi connectivity index (χ0n) is 9.46. The molecule has 4 heterocycles. The number of aromatic nitrogens is 4. The Hall–Kier alpha value is -2.62. The van der Waals surface area contributed by atoms with Crippen molar-refractivity contribution in [2.24, 2.45) is 0 Å². The highest BCUT2D eigenvalue weighted by molar-refractivity contribution is 5.90. The molecule has 85 valence electrons. The molecule has 18 heavy (non-hydrogen) atoms. The van der Waals surface area contributed by atoms with Gasteiger partial charge >= 0.3 is 0 Å². The summed E-state index contributed by atoms with van der Waals surface area (Å²) in [5.74, 6) is 0. The van der Waals surface area contributed by atoms with E-state index < -0.39 is 0 Å². The Morgan fingerprint density at radius 3 is 3.17 bits per heavy atom. The van der Waals surface area contributed by atoms with Crippen LogP contribution in [0, 0.1) is 6.20 Å². The van der Waals surface area contributed by atoms with Gasteiger partial charge < -0.3 is 9.55 Å². The standard InChI is InChI=1S/C14H9N4/c1-4-16-8-11-12(1)17-9-14(11)18-6-3-10-7-15-5-2-13(10)18/h1-6,8-9,17H. The number of fused-ring (bicyclic) bond motifs is 2. The van der Waals surface area contributed by atoms with E-state index in [4.69, 9.17) is 0 Å². The third kappa shape index (κ3) is 1.20. The maximum atomic E-state index is 4.18. The molecule has 0 aliphatic rings. The Morgan fingerprint density at radius 1 is 1.17 bits per heavy atom. The molecular formula is C14H9N4. The van der Waals surface area contributed by atoms with E-state index in [0.29, 0.717) is 0 Å². The molecule has 0 spiro atoms. The second-order valence-corrected chi connectivity index (χ2v) is 4.14. The first kappa shape index (κ1) is 9.41. The summed E-state index contributed by atoms with van der Waals surface area (Å²) in [5, 5.41) is 2.11. The fourth-order valence-corrected chi connectivity index (χ4v) is 2.28. The van der Waals surface area contributed by atoms with Crippen LogP contribution in [-0.4, -0.2) is 19.5 Å². The molecule has 4 aromatic rings. The lowest BCUT2D eigenvalue weighted by atomic mass is 10.3. The Kier molecular flexibility index (Phi) is 1.80. The predicted molar refractivity (Wildman–Crippen MR) is 69.6 cm³/mol. The van der Waals surface area contributed by atoms with Crippen molar-refractivity contribution in [1.29, 1.82) is 0 Å². The van der Waals surface area contributed by atoms with Crippen LogP contribution in [0.15, 0.2) is 49.2 Å². The van der Waals surface area contributed by atoms with Crippen molar-refractivity contribution < 1.29 is 0 Å². The second-order valence-electron chi connectivity index (χ2n) is 4.14. The lowest BCUT2D eigenvalue weighted by molar-refractivity contribution is 1.13. The molecule has 4 rings (SSSR count). The maximum Gasteiger partial charge on any atom is 0.0986 e. The minimum Gasteiger partial charge on any atom is -0.359 e. The van der Waals surface area contributed by atoms with Crippen LogP contribution in [0.25, 0.3) is 27.5 Å². The number of H-pyrrole nitrogens is 1. The van der Waals surface area contributed by atoms with Crippen LogP contribution in [0.4, 0.5) is 0 Å². The molecule has 0 saturated carbocycles. The molecule has 0 unspecified atom stereocenters. The van der Waals surface area contributed by atoms with Crippen molar-refractivity contribution in [3.63, 3.8) is 0 Å². The van der Waals surface area contributed by atoms with Gasteiger partial charge in [-0.2, -0.15) is 0 Å². The molecule has 4 aromatic heterocycles. The number of hydrogen-bond acceptors (Lipinski definition) is 2. The SMILES string of the molecule is [c]1nccc2c1ccn2-c1c[nH]c2ccncc12. The van der Waals surface area contributed by atoms with Crippen LogP contribution >= 0.6 is 0 Å². The molecule has 1 N–H and O–H groups in total. The van der Waals surface area contributed by atoms with Crippen LogP contribution in [0.1, 0.15) is 0 Å². The van der Waals surface area contributed by atoms with E-state index in [1.54, 1.807) is 12.4 Å². The van der Waals surface area contributed by atoms with Gasteiger partial charge in [-0.05, 0) is 18.2 Å². The van der Waals surface area contributed by atoms with Crippen molar-refractivity contribution >= 4 is 21.8 Å². The number of rotatable bonds is 1. The number of hydrogen-bond donors (Lipinski definition) is 1. The highest BCUT2D eigenvalue weighted by Gasteiger charge is 2.08. The summed E-state index contributed by atoms with van der Waals surface area (Å²) in [5.41, 5.74) is 3.27. The summed E-state index contributed by atoms with van der Waals surface area (Å²) >= 11 is 0. The lowest BCUT2D eigenvalue weighted by Gasteiger charge is -2.02. The van der Waals surface area contributed by atoms with Crippen molar-refractivity contribution in [3.05, 3.63) is 55.4 Å². The maximum absolute atomic E-state index is 4.18. The van der Waals surface area contributed by atoms with Gasteiger partial charge in [-0.3, -0.25) is 9.97 Å². The molecule has 0 aliphatic heterocycles. The Morgan fingerprint density at radius 2 is 2.17 bits per heavy atom. The summed E-state index contributed by atoms with van der Waals surface area (Å²) in [6.07, 6.45) is 12.4. The van der Waals surface area contributed by atoms with Gasteiger partial charge in [0.1, 0.15) is 0 Å². The van der Waals surface area contributed by atoms with E-state index in [-0.39, 0.29) is 0 Å². The molecule has 0 saturated heterocycles. The Balaban J connectivity index is 2.08. The first-order chi connectivity index (χ1) is 8.93. The first-order valence-corrected chi connectivity index (χ1v) is 5.69. The highest BCUT2D eigenvalue weighted by atomic mass is 15.0. The third-order valence-electron chi connectivity index (χ3n) is 3.14. The van der Waals surface area contributed by atoms with E-state index in [9.17, 15) is 0 Å². The van der Waals surface area contributed by atoms with Gasteiger partial charge in [0.25, 0.3) is 0 Å². The van der Waals surface area contributed by atoms with Gasteiger partial charge in [-0.25, -0.2) is 0 Å². The zero-order valence-corrected chi connectivity index (χ0v) is 9.46. The zero-order chi connectivity index (χ0) is 11.9. The summed E-state index contributed by atoms with van der Waals surface area (Å²) in [6.45, 7) is 0. The topological polar surface area (TPSA) is 46.5 Å². The van der Waals surface area contributed by atoms with E-state index in [1.165, 1.54) is 0 Å². The van der Waals surface area contributed by atoms with Crippen LogP contribution in [0.3, 0.4) is 0 Å². The average molecular weight is 233 g/mol. The quantitative estimate of drug-likeness (QED) is 0.549. The molecule has 0 bridgehead atoms. The smallest absolute Gasteiger partial charge is 0.0986 e. The van der Waals surface area contributed by atoms with Gasteiger partial charge in [0.2, 0.25) is 0 Å². The van der Waals surface area contributed by atoms with E-state index in [2.05, 4.69) is 25.7 Å². The van der Waals surface area contributed by atoms with Crippen molar-refractivity contribution in [1.82, 2.24) is 19.5 Å². The van der Waals surface area contributed by atoms with Gasteiger partial charge in [0, 0.05) is 41.8 Å². The molecule has 4 nitrogen and oxygen atoms in total. The highest BCUT2D eigenvalue weighted by Crippen LogP contribution is 2.25. The van der Waals surface area contributed by atoms with Crippen LogP contribution in [0.2, 0.25) is 0 Å². The molecule has 1 radical (unpaired) electrons. The Labute approximate surface area is 103 Å². The van der Waals surface area contributed by atoms with E-state index >= 15 is 0 Å². The minimum absolute atomic E-state index is 1.01. The molecule has 0 aromatic carbocycles.